The Morgan fingerprint density at radius 1 is 1.29 bits per heavy atom. The zero-order chi connectivity index (χ0) is 13.2. The van der Waals surface area contributed by atoms with Crippen LogP contribution in [0.15, 0.2) is 11.6 Å². The first-order valence-electron chi connectivity index (χ1n) is 5.99. The number of hydrogen-bond donors (Lipinski definition) is 0. The molecule has 5 heteroatoms. The van der Waals surface area contributed by atoms with E-state index in [1.807, 2.05) is 0 Å². The predicted molar refractivity (Wildman–Crippen MR) is 71.1 cm³/mol. The molecular formula is C12H22N2O2Si. The molecule has 1 aliphatic rings. The summed E-state index contributed by atoms with van der Waals surface area (Å²) in [5.41, 5.74) is 0.550. The Balaban J connectivity index is 2.39. The third-order valence-electron chi connectivity index (χ3n) is 3.21. The van der Waals surface area contributed by atoms with Crippen LogP contribution in [0.3, 0.4) is 0 Å². The van der Waals surface area contributed by atoms with Crippen LogP contribution in [-0.2, 0) is 9.59 Å². The average molecular weight is 254 g/mol. The number of hydrogen-bond acceptors (Lipinski definition) is 3. The largest absolute Gasteiger partial charge is 0.327 e. The molecule has 1 heterocycles. The SMILES string of the molecule is CC1=CC(=O)N(CCCN(C)[Si](C)(C)C)C1=O. The van der Waals surface area contributed by atoms with Gasteiger partial charge in [-0.05, 0) is 26.9 Å². The second-order valence-electron chi connectivity index (χ2n) is 5.57. The molecule has 0 aliphatic carbocycles. The molecule has 0 atom stereocenters. The lowest BCUT2D eigenvalue weighted by Gasteiger charge is -2.30. The first kappa shape index (κ1) is 14.1. The number of carbonyl (C=O) groups excluding carboxylic acids is 2. The van der Waals surface area contributed by atoms with Gasteiger partial charge in [-0.3, -0.25) is 14.5 Å². The van der Waals surface area contributed by atoms with Gasteiger partial charge in [-0.15, -0.1) is 0 Å². The summed E-state index contributed by atoms with van der Waals surface area (Å²) < 4.78 is 2.36. The van der Waals surface area contributed by atoms with Crippen molar-refractivity contribution in [1.82, 2.24) is 9.47 Å². The van der Waals surface area contributed by atoms with E-state index in [0.717, 1.165) is 13.0 Å². The molecule has 0 radical (unpaired) electrons. The molecule has 0 bridgehead atoms. The van der Waals surface area contributed by atoms with Crippen molar-refractivity contribution < 1.29 is 9.59 Å². The van der Waals surface area contributed by atoms with E-state index in [2.05, 4.69) is 31.3 Å². The molecule has 4 nitrogen and oxygen atoms in total. The Kier molecular flexibility index (Phi) is 4.27. The van der Waals surface area contributed by atoms with Gasteiger partial charge in [-0.2, -0.15) is 0 Å². The van der Waals surface area contributed by atoms with Crippen molar-refractivity contribution in [3.05, 3.63) is 11.6 Å². The van der Waals surface area contributed by atoms with Crippen molar-refractivity contribution in [1.29, 1.82) is 0 Å². The van der Waals surface area contributed by atoms with Gasteiger partial charge in [0.15, 0.2) is 0 Å². The molecular weight excluding hydrogens is 232 g/mol. The summed E-state index contributed by atoms with van der Waals surface area (Å²) in [5.74, 6) is -0.297. The van der Waals surface area contributed by atoms with E-state index >= 15 is 0 Å². The maximum atomic E-state index is 11.6. The summed E-state index contributed by atoms with van der Waals surface area (Å²) in [7, 11) is 0.861. The van der Waals surface area contributed by atoms with Gasteiger partial charge in [-0.1, -0.05) is 19.6 Å². The molecule has 0 saturated heterocycles. The molecule has 1 aliphatic heterocycles. The maximum absolute atomic E-state index is 11.6. The van der Waals surface area contributed by atoms with Crippen LogP contribution < -0.4 is 0 Å². The van der Waals surface area contributed by atoms with E-state index in [4.69, 9.17) is 0 Å². The average Bonchev–Trinajstić information content (AvgIpc) is 2.42. The van der Waals surface area contributed by atoms with E-state index < -0.39 is 8.24 Å². The topological polar surface area (TPSA) is 40.6 Å². The summed E-state index contributed by atoms with van der Waals surface area (Å²) in [6, 6.07) is 0. The van der Waals surface area contributed by atoms with E-state index in [9.17, 15) is 9.59 Å². The first-order valence-corrected chi connectivity index (χ1v) is 9.43. The minimum absolute atomic E-state index is 0.134. The second-order valence-corrected chi connectivity index (χ2v) is 10.7. The van der Waals surface area contributed by atoms with Crippen molar-refractivity contribution >= 4 is 20.0 Å². The fourth-order valence-electron chi connectivity index (χ4n) is 1.65. The highest BCUT2D eigenvalue weighted by Crippen LogP contribution is 2.13. The number of nitrogens with zero attached hydrogens (tertiary/aromatic N) is 2. The van der Waals surface area contributed by atoms with Crippen LogP contribution in [0.1, 0.15) is 13.3 Å². The molecule has 1 rings (SSSR count). The molecule has 2 amide bonds. The van der Waals surface area contributed by atoms with Gasteiger partial charge in [0, 0.05) is 18.2 Å². The molecule has 0 spiro atoms. The van der Waals surface area contributed by atoms with Crippen LogP contribution in [0.25, 0.3) is 0 Å². The van der Waals surface area contributed by atoms with Gasteiger partial charge >= 0.3 is 0 Å². The van der Waals surface area contributed by atoms with Gasteiger partial charge < -0.3 is 4.57 Å². The van der Waals surface area contributed by atoms with E-state index in [1.54, 1.807) is 6.92 Å². The standard InChI is InChI=1S/C12H22N2O2Si/c1-10-9-11(15)14(12(10)16)8-6-7-13(2)17(3,4)5/h9H,6-8H2,1-5H3. The van der Waals surface area contributed by atoms with Crippen molar-refractivity contribution in [3.8, 4) is 0 Å². The van der Waals surface area contributed by atoms with Gasteiger partial charge in [-0.25, -0.2) is 0 Å². The lowest BCUT2D eigenvalue weighted by atomic mass is 10.3. The molecule has 0 N–H and O–H groups in total. The lowest BCUT2D eigenvalue weighted by Crippen LogP contribution is -2.44. The van der Waals surface area contributed by atoms with E-state index in [-0.39, 0.29) is 11.8 Å². The molecule has 0 aromatic heterocycles. The highest BCUT2D eigenvalue weighted by molar-refractivity contribution is 6.73. The van der Waals surface area contributed by atoms with Crippen molar-refractivity contribution in [2.45, 2.75) is 33.0 Å². The minimum atomic E-state index is -1.25. The normalized spacial score (nSPS) is 17.1. The van der Waals surface area contributed by atoms with Gasteiger partial charge in [0.25, 0.3) is 11.8 Å². The number of amides is 2. The first-order chi connectivity index (χ1) is 7.73. The van der Waals surface area contributed by atoms with Gasteiger partial charge in [0.2, 0.25) is 0 Å². The summed E-state index contributed by atoms with van der Waals surface area (Å²) in [6.45, 7) is 10.0. The zero-order valence-electron chi connectivity index (χ0n) is 11.4. The van der Waals surface area contributed by atoms with Crippen molar-refractivity contribution in [2.24, 2.45) is 0 Å². The molecule has 0 aromatic carbocycles. The van der Waals surface area contributed by atoms with Crippen LogP contribution in [0.5, 0.6) is 0 Å². The highest BCUT2D eigenvalue weighted by Gasteiger charge is 2.28. The predicted octanol–water partition coefficient (Wildman–Crippen LogP) is 1.46. The van der Waals surface area contributed by atoms with Crippen LogP contribution in [0.2, 0.25) is 19.6 Å². The third kappa shape index (κ3) is 3.51. The van der Waals surface area contributed by atoms with Crippen molar-refractivity contribution in [2.75, 3.05) is 20.1 Å². The van der Waals surface area contributed by atoms with E-state index in [1.165, 1.54) is 11.0 Å². The molecule has 17 heavy (non-hydrogen) atoms. The van der Waals surface area contributed by atoms with Crippen LogP contribution >= 0.6 is 0 Å². The minimum Gasteiger partial charge on any atom is -0.327 e. The lowest BCUT2D eigenvalue weighted by molar-refractivity contribution is -0.137. The number of carbonyl (C=O) groups is 2. The molecule has 0 saturated carbocycles. The van der Waals surface area contributed by atoms with Crippen LogP contribution in [0.4, 0.5) is 0 Å². The Labute approximate surface area is 104 Å². The van der Waals surface area contributed by atoms with Gasteiger partial charge in [0.1, 0.15) is 8.24 Å². The monoisotopic (exact) mass is 254 g/mol. The Bertz CT molecular complexity index is 358. The number of rotatable bonds is 5. The zero-order valence-corrected chi connectivity index (χ0v) is 12.4. The van der Waals surface area contributed by atoms with Crippen LogP contribution in [-0.4, -0.2) is 49.7 Å². The van der Waals surface area contributed by atoms with Crippen molar-refractivity contribution in [3.63, 3.8) is 0 Å². The van der Waals surface area contributed by atoms with Gasteiger partial charge in [0.05, 0.1) is 0 Å². The van der Waals surface area contributed by atoms with E-state index in [0.29, 0.717) is 12.1 Å². The summed E-state index contributed by atoms with van der Waals surface area (Å²) in [4.78, 5) is 24.5. The Morgan fingerprint density at radius 3 is 2.29 bits per heavy atom. The third-order valence-corrected chi connectivity index (χ3v) is 5.72. The summed E-state index contributed by atoms with van der Waals surface area (Å²) in [5, 5.41) is 0. The Morgan fingerprint density at radius 2 is 1.88 bits per heavy atom. The summed E-state index contributed by atoms with van der Waals surface area (Å²) in [6.07, 6.45) is 2.27. The molecule has 96 valence electrons. The molecule has 0 unspecified atom stereocenters. The second kappa shape index (κ2) is 5.14. The maximum Gasteiger partial charge on any atom is 0.256 e. The Hall–Kier alpha value is -0.943. The van der Waals surface area contributed by atoms with Crippen LogP contribution in [0, 0.1) is 0 Å². The summed E-state index contributed by atoms with van der Waals surface area (Å²) >= 11 is 0. The molecule has 0 fully saturated rings. The quantitative estimate of drug-likeness (QED) is 0.551. The molecule has 0 aromatic rings. The number of imide groups is 1. The fraction of sp³-hybridized carbons (Fsp3) is 0.667. The smallest absolute Gasteiger partial charge is 0.256 e. The fourth-order valence-corrected chi connectivity index (χ4v) is 2.48. The highest BCUT2D eigenvalue weighted by atomic mass is 28.3.